The van der Waals surface area contributed by atoms with Gasteiger partial charge >= 0.3 is 176 Å². The van der Waals surface area contributed by atoms with Crippen molar-refractivity contribution in [1.82, 2.24) is 15.0 Å². The summed E-state index contributed by atoms with van der Waals surface area (Å²) in [5.41, 5.74) is 5.72. The van der Waals surface area contributed by atoms with Crippen LogP contribution in [0.5, 0.6) is 0 Å². The van der Waals surface area contributed by atoms with E-state index in [-0.39, 0.29) is 19.9 Å². The molecule has 0 radical (unpaired) electrons. The van der Waals surface area contributed by atoms with E-state index in [1.807, 2.05) is 24.3 Å². The summed E-state index contributed by atoms with van der Waals surface area (Å²) >= 11 is 0.173. The number of hydrogen-bond acceptors (Lipinski definition) is 2. The van der Waals surface area contributed by atoms with Gasteiger partial charge in [-0.05, 0) is 0 Å². The predicted octanol–water partition coefficient (Wildman–Crippen LogP) is 4.67. The number of aromatic nitrogens is 3. The van der Waals surface area contributed by atoms with E-state index in [1.54, 1.807) is 0 Å². The summed E-state index contributed by atoms with van der Waals surface area (Å²) in [4.78, 5) is 0.141. The Morgan fingerprint density at radius 3 is 2.00 bits per heavy atom. The predicted molar refractivity (Wildman–Crippen MR) is 119 cm³/mol. The monoisotopic (exact) mass is 441 g/mol. The van der Waals surface area contributed by atoms with Crippen LogP contribution in [0.25, 0.3) is 22.2 Å². The van der Waals surface area contributed by atoms with Crippen molar-refractivity contribution < 1.29 is 0 Å². The first-order valence-corrected chi connectivity index (χ1v) is 11.4. The molecule has 0 amide bonds. The van der Waals surface area contributed by atoms with Crippen LogP contribution in [0.4, 0.5) is 0 Å². The van der Waals surface area contributed by atoms with Crippen LogP contribution in [0.3, 0.4) is 0 Å². The van der Waals surface area contributed by atoms with Crippen LogP contribution in [0.15, 0.2) is 109 Å². The number of rotatable bonds is 5. The fraction of sp³-hybridized carbons (Fsp3) is 0.0400. The molecule has 1 aromatic heterocycles. The van der Waals surface area contributed by atoms with Crippen LogP contribution in [-0.4, -0.2) is 30.0 Å². The van der Waals surface area contributed by atoms with Crippen molar-refractivity contribution in [3.05, 3.63) is 115 Å². The Bertz CT molecular complexity index is 1220. The van der Waals surface area contributed by atoms with E-state index in [1.165, 1.54) is 21.2 Å². The van der Waals surface area contributed by atoms with Crippen molar-refractivity contribution >= 4 is 30.5 Å². The maximum absolute atomic E-state index is 4.53. The standard InChI is InChI=1S/C25H19N3Se/c1-3-9-19(10-4-1)20-15-17-21(18-16-20)25(29-22-11-5-2-6-12-22)28-24-14-8-7-13-23(24)26-27-28/h1-18,25H. The van der Waals surface area contributed by atoms with Crippen molar-refractivity contribution in [3.63, 3.8) is 0 Å². The van der Waals surface area contributed by atoms with Crippen molar-refractivity contribution in [2.75, 3.05) is 0 Å². The molecule has 4 heteroatoms. The van der Waals surface area contributed by atoms with Crippen LogP contribution in [-0.2, 0) is 0 Å². The van der Waals surface area contributed by atoms with Crippen LogP contribution < -0.4 is 4.46 Å². The van der Waals surface area contributed by atoms with Gasteiger partial charge < -0.3 is 0 Å². The molecule has 0 fully saturated rings. The van der Waals surface area contributed by atoms with Gasteiger partial charge in [-0.25, -0.2) is 0 Å². The van der Waals surface area contributed by atoms with Gasteiger partial charge in [0.25, 0.3) is 0 Å². The fourth-order valence-corrected chi connectivity index (χ4v) is 5.77. The SMILES string of the molecule is c1ccc([Se]C(c2ccc(-c3ccccc3)cc2)n2nnc3ccccc32)cc1. The average molecular weight is 440 g/mol. The minimum atomic E-state index is 0.141. The van der Waals surface area contributed by atoms with E-state index in [9.17, 15) is 0 Å². The van der Waals surface area contributed by atoms with Gasteiger partial charge in [-0.1, -0.05) is 0 Å². The second-order valence-electron chi connectivity index (χ2n) is 6.79. The summed E-state index contributed by atoms with van der Waals surface area (Å²) in [5.74, 6) is 0. The zero-order valence-corrected chi connectivity index (χ0v) is 17.4. The third kappa shape index (κ3) is 3.73. The molecule has 0 saturated heterocycles. The van der Waals surface area contributed by atoms with Crippen LogP contribution in [0.2, 0.25) is 0 Å². The number of fused-ring (bicyclic) bond motifs is 1. The van der Waals surface area contributed by atoms with Gasteiger partial charge in [0, 0.05) is 0 Å². The molecule has 0 aliphatic carbocycles. The van der Waals surface area contributed by atoms with Crippen LogP contribution >= 0.6 is 0 Å². The number of para-hydroxylation sites is 1. The molecule has 3 nitrogen and oxygen atoms in total. The van der Waals surface area contributed by atoms with Gasteiger partial charge in [0.15, 0.2) is 0 Å². The third-order valence-corrected chi connectivity index (χ3v) is 7.49. The molecule has 1 atom stereocenters. The molecule has 0 bridgehead atoms. The number of benzene rings is 4. The molecular formula is C25H19N3Se. The third-order valence-electron chi connectivity index (χ3n) is 4.89. The fourth-order valence-electron chi connectivity index (χ4n) is 3.42. The molecule has 1 unspecified atom stereocenters. The average Bonchev–Trinajstić information content (AvgIpc) is 3.23. The van der Waals surface area contributed by atoms with Gasteiger partial charge in [0.1, 0.15) is 0 Å². The zero-order valence-electron chi connectivity index (χ0n) is 15.7. The number of nitrogens with zero attached hydrogens (tertiary/aromatic N) is 3. The summed E-state index contributed by atoms with van der Waals surface area (Å²) in [6.07, 6.45) is 0. The summed E-state index contributed by atoms with van der Waals surface area (Å²) in [5, 5.41) is 8.93. The summed E-state index contributed by atoms with van der Waals surface area (Å²) in [7, 11) is 0. The molecular weight excluding hydrogens is 421 g/mol. The first kappa shape index (κ1) is 17.9. The van der Waals surface area contributed by atoms with Crippen molar-refractivity contribution in [3.8, 4) is 11.1 Å². The van der Waals surface area contributed by atoms with E-state index in [0.29, 0.717) is 0 Å². The van der Waals surface area contributed by atoms with Crippen LogP contribution in [0, 0.1) is 0 Å². The van der Waals surface area contributed by atoms with E-state index in [4.69, 9.17) is 0 Å². The Morgan fingerprint density at radius 1 is 0.621 bits per heavy atom. The van der Waals surface area contributed by atoms with Gasteiger partial charge in [0.2, 0.25) is 0 Å². The normalized spacial score (nSPS) is 12.1. The Labute approximate surface area is 176 Å². The van der Waals surface area contributed by atoms with E-state index >= 15 is 0 Å². The van der Waals surface area contributed by atoms with Gasteiger partial charge in [0.05, 0.1) is 0 Å². The molecule has 140 valence electrons. The Balaban J connectivity index is 1.57. The quantitative estimate of drug-likeness (QED) is 0.372. The molecule has 0 saturated carbocycles. The first-order chi connectivity index (χ1) is 14.4. The molecule has 0 spiro atoms. The number of hydrogen-bond donors (Lipinski definition) is 0. The Morgan fingerprint density at radius 2 is 1.24 bits per heavy atom. The molecule has 0 aliphatic rings. The minimum absolute atomic E-state index is 0.141. The molecule has 5 aromatic rings. The van der Waals surface area contributed by atoms with Gasteiger partial charge in [-0.3, -0.25) is 0 Å². The second kappa shape index (κ2) is 8.04. The summed E-state index contributed by atoms with van der Waals surface area (Å²) in [6, 6.07) is 38.2. The van der Waals surface area contributed by atoms with E-state index in [2.05, 4.69) is 99.9 Å². The molecule has 0 aliphatic heterocycles. The molecule has 1 heterocycles. The second-order valence-corrected chi connectivity index (χ2v) is 9.21. The summed E-state index contributed by atoms with van der Waals surface area (Å²) in [6.45, 7) is 0. The Kier molecular flexibility index (Phi) is 4.95. The van der Waals surface area contributed by atoms with E-state index < -0.39 is 0 Å². The molecule has 5 rings (SSSR count). The maximum atomic E-state index is 4.53. The van der Waals surface area contributed by atoms with E-state index in [0.717, 1.165) is 11.0 Å². The van der Waals surface area contributed by atoms with Crippen LogP contribution in [0.1, 0.15) is 10.5 Å². The Hall–Kier alpha value is -3.20. The molecule has 0 N–H and O–H groups in total. The van der Waals surface area contributed by atoms with Gasteiger partial charge in [-0.15, -0.1) is 0 Å². The molecule has 29 heavy (non-hydrogen) atoms. The van der Waals surface area contributed by atoms with Gasteiger partial charge in [-0.2, -0.15) is 0 Å². The van der Waals surface area contributed by atoms with Crippen molar-refractivity contribution in [2.24, 2.45) is 0 Å². The zero-order chi connectivity index (χ0) is 19.5. The van der Waals surface area contributed by atoms with Crippen molar-refractivity contribution in [2.45, 2.75) is 4.94 Å². The summed E-state index contributed by atoms with van der Waals surface area (Å²) < 4.78 is 3.43. The first-order valence-electron chi connectivity index (χ1n) is 9.55. The topological polar surface area (TPSA) is 30.7 Å². The van der Waals surface area contributed by atoms with Crippen molar-refractivity contribution in [1.29, 1.82) is 0 Å². The molecule has 4 aromatic carbocycles.